The summed E-state index contributed by atoms with van der Waals surface area (Å²) in [6.45, 7) is 1.58. The second-order valence-electron chi connectivity index (χ2n) is 5.53. The minimum atomic E-state index is -4.45. The van der Waals surface area contributed by atoms with Crippen molar-refractivity contribution in [1.29, 1.82) is 5.26 Å². The normalized spacial score (nSPS) is 12.0. The molecule has 3 aromatic rings. The third-order valence-electron chi connectivity index (χ3n) is 3.53. The number of aromatic nitrogens is 4. The zero-order chi connectivity index (χ0) is 18.7. The molecule has 0 radical (unpaired) electrons. The smallest absolute Gasteiger partial charge is 0.264 e. The van der Waals surface area contributed by atoms with Crippen molar-refractivity contribution in [3.05, 3.63) is 65.7 Å². The number of hydrogen-bond acceptors (Lipinski definition) is 4. The molecule has 0 saturated carbocycles. The molecule has 0 atom stereocenters. The summed E-state index contributed by atoms with van der Waals surface area (Å²) in [7, 11) is 0. The van der Waals surface area contributed by atoms with E-state index in [2.05, 4.69) is 15.1 Å². The number of pyridine rings is 1. The molecule has 0 saturated heterocycles. The first-order valence-electron chi connectivity index (χ1n) is 7.49. The van der Waals surface area contributed by atoms with Crippen molar-refractivity contribution < 1.29 is 13.2 Å². The third-order valence-corrected chi connectivity index (χ3v) is 3.53. The molecule has 0 amide bonds. The molecular weight excluding hydrogens is 343 g/mol. The van der Waals surface area contributed by atoms with Crippen LogP contribution in [-0.4, -0.2) is 19.7 Å². The lowest BCUT2D eigenvalue weighted by Gasteiger charge is -2.09. The summed E-state index contributed by atoms with van der Waals surface area (Å²) in [4.78, 5) is 7.99. The molecule has 0 aliphatic rings. The van der Waals surface area contributed by atoms with Gasteiger partial charge in [-0.05, 0) is 36.8 Å². The Labute approximate surface area is 147 Å². The number of alkyl halides is 3. The molecule has 2 aromatic heterocycles. The summed E-state index contributed by atoms with van der Waals surface area (Å²) < 4.78 is 40.2. The predicted molar refractivity (Wildman–Crippen MR) is 89.2 cm³/mol. The van der Waals surface area contributed by atoms with Gasteiger partial charge in [0.15, 0.2) is 5.82 Å². The first kappa shape index (κ1) is 17.4. The number of hydrogen-bond donors (Lipinski definition) is 0. The highest BCUT2D eigenvalue weighted by atomic mass is 19.4. The van der Waals surface area contributed by atoms with Gasteiger partial charge in [0, 0.05) is 29.7 Å². The number of benzene rings is 1. The number of aryl methyl sites for hydroxylation is 1. The molecule has 26 heavy (non-hydrogen) atoms. The first-order valence-corrected chi connectivity index (χ1v) is 7.49. The topological polar surface area (TPSA) is 67.4 Å². The molecule has 2 heterocycles. The van der Waals surface area contributed by atoms with Gasteiger partial charge in [-0.1, -0.05) is 6.07 Å². The molecule has 0 fully saturated rings. The van der Waals surface area contributed by atoms with Crippen LogP contribution >= 0.6 is 0 Å². The molecule has 1 aromatic carbocycles. The lowest BCUT2D eigenvalue weighted by molar-refractivity contribution is -0.137. The van der Waals surface area contributed by atoms with Crippen molar-refractivity contribution in [2.75, 3.05) is 0 Å². The summed E-state index contributed by atoms with van der Waals surface area (Å²) in [5.74, 6) is 0.138. The Balaban J connectivity index is 1.97. The Morgan fingerprint density at radius 1 is 1.27 bits per heavy atom. The molecule has 0 aliphatic carbocycles. The predicted octanol–water partition coefficient (Wildman–Crippen LogP) is 4.19. The van der Waals surface area contributed by atoms with Crippen LogP contribution in [-0.2, 0) is 6.18 Å². The summed E-state index contributed by atoms with van der Waals surface area (Å²) in [6, 6.07) is 9.09. The van der Waals surface area contributed by atoms with Crippen molar-refractivity contribution >= 4 is 11.8 Å². The van der Waals surface area contributed by atoms with Crippen LogP contribution in [0.4, 0.5) is 13.2 Å². The van der Waals surface area contributed by atoms with Crippen LogP contribution in [0.3, 0.4) is 0 Å². The fraction of sp³-hybridized carbons (Fsp3) is 0.111. The molecule has 5 nitrogen and oxygen atoms in total. The number of rotatable bonds is 3. The molecular formula is C18H12F3N5. The Morgan fingerprint density at radius 3 is 2.73 bits per heavy atom. The van der Waals surface area contributed by atoms with E-state index in [1.54, 1.807) is 31.3 Å². The second-order valence-corrected chi connectivity index (χ2v) is 5.53. The van der Waals surface area contributed by atoms with Crippen molar-refractivity contribution in [2.24, 2.45) is 0 Å². The van der Waals surface area contributed by atoms with E-state index < -0.39 is 11.7 Å². The number of nitrogens with zero attached hydrogens (tertiary/aromatic N) is 5. The Bertz CT molecular complexity index is 998. The molecule has 0 spiro atoms. The molecule has 0 aliphatic heterocycles. The van der Waals surface area contributed by atoms with Gasteiger partial charge in [-0.2, -0.15) is 18.4 Å². The number of nitriles is 1. The maximum absolute atomic E-state index is 13.0. The van der Waals surface area contributed by atoms with Gasteiger partial charge in [-0.3, -0.25) is 4.98 Å². The zero-order valence-electron chi connectivity index (χ0n) is 13.6. The lowest BCUT2D eigenvalue weighted by atomic mass is 10.1. The quantitative estimate of drug-likeness (QED) is 0.661. The highest BCUT2D eigenvalue weighted by Crippen LogP contribution is 2.32. The zero-order valence-corrected chi connectivity index (χ0v) is 13.6. The van der Waals surface area contributed by atoms with Gasteiger partial charge < -0.3 is 0 Å². The maximum atomic E-state index is 13.0. The van der Waals surface area contributed by atoms with E-state index in [4.69, 9.17) is 0 Å². The fourth-order valence-corrected chi connectivity index (χ4v) is 2.37. The van der Waals surface area contributed by atoms with Gasteiger partial charge in [-0.25, -0.2) is 9.67 Å². The Morgan fingerprint density at radius 2 is 2.08 bits per heavy atom. The summed E-state index contributed by atoms with van der Waals surface area (Å²) in [5.41, 5.74) is 0.850. The number of halogens is 3. The van der Waals surface area contributed by atoms with Crippen LogP contribution in [0.2, 0.25) is 0 Å². The minimum Gasteiger partial charge on any atom is -0.264 e. The van der Waals surface area contributed by atoms with E-state index in [0.29, 0.717) is 16.7 Å². The number of allylic oxidation sites excluding steroid dienone is 1. The summed E-state index contributed by atoms with van der Waals surface area (Å²) >= 11 is 0. The van der Waals surface area contributed by atoms with Crippen LogP contribution in [0.1, 0.15) is 16.7 Å². The average molecular weight is 355 g/mol. The minimum absolute atomic E-state index is 0.138. The molecule has 0 N–H and O–H groups in total. The lowest BCUT2D eigenvalue weighted by Crippen LogP contribution is -2.05. The summed E-state index contributed by atoms with van der Waals surface area (Å²) in [6.07, 6.45) is 1.44. The van der Waals surface area contributed by atoms with Crippen LogP contribution in [0, 0.1) is 18.3 Å². The highest BCUT2D eigenvalue weighted by molar-refractivity contribution is 5.84. The van der Waals surface area contributed by atoms with E-state index in [1.807, 2.05) is 6.07 Å². The van der Waals surface area contributed by atoms with Gasteiger partial charge in [0.25, 0.3) is 0 Å². The molecule has 0 bridgehead atoms. The molecule has 8 heteroatoms. The first-order chi connectivity index (χ1) is 12.4. The second kappa shape index (κ2) is 6.80. The van der Waals surface area contributed by atoms with E-state index in [0.717, 1.165) is 12.1 Å². The fourth-order valence-electron chi connectivity index (χ4n) is 2.37. The average Bonchev–Trinajstić information content (AvgIpc) is 3.08. The highest BCUT2D eigenvalue weighted by Gasteiger charge is 2.31. The van der Waals surface area contributed by atoms with E-state index in [1.165, 1.54) is 23.4 Å². The van der Waals surface area contributed by atoms with Crippen molar-refractivity contribution in [2.45, 2.75) is 13.1 Å². The standard InChI is InChI=1S/C18H12F3N5/c1-12-5-14(7-16(6-12)18(19,20)21)17-24-11-26(25-17)10-15(8-22)13-3-2-4-23-9-13/h2-7,9-11H,1H3/b15-10+. The Hall–Kier alpha value is -3.47. The largest absolute Gasteiger partial charge is 0.416 e. The van der Waals surface area contributed by atoms with Gasteiger partial charge in [0.1, 0.15) is 12.4 Å². The van der Waals surface area contributed by atoms with Crippen molar-refractivity contribution in [1.82, 2.24) is 19.7 Å². The maximum Gasteiger partial charge on any atom is 0.416 e. The molecule has 130 valence electrons. The van der Waals surface area contributed by atoms with E-state index in [9.17, 15) is 18.4 Å². The molecule has 3 rings (SSSR count). The SMILES string of the molecule is Cc1cc(-c2ncn(/C=C(\C#N)c3cccnc3)n2)cc(C(F)(F)F)c1. The van der Waals surface area contributed by atoms with Crippen LogP contribution in [0.15, 0.2) is 49.1 Å². The monoisotopic (exact) mass is 355 g/mol. The van der Waals surface area contributed by atoms with Gasteiger partial charge in [-0.15, -0.1) is 5.10 Å². The van der Waals surface area contributed by atoms with Gasteiger partial charge >= 0.3 is 6.18 Å². The Kier molecular flexibility index (Phi) is 4.54. The summed E-state index contributed by atoms with van der Waals surface area (Å²) in [5, 5.41) is 13.4. The van der Waals surface area contributed by atoms with Crippen molar-refractivity contribution in [3.63, 3.8) is 0 Å². The van der Waals surface area contributed by atoms with Gasteiger partial charge in [0.05, 0.1) is 11.1 Å². The van der Waals surface area contributed by atoms with Crippen LogP contribution < -0.4 is 0 Å². The molecule has 0 unspecified atom stereocenters. The van der Waals surface area contributed by atoms with Crippen LogP contribution in [0.5, 0.6) is 0 Å². The van der Waals surface area contributed by atoms with Crippen molar-refractivity contribution in [3.8, 4) is 17.5 Å². The third kappa shape index (κ3) is 3.78. The van der Waals surface area contributed by atoms with E-state index in [-0.39, 0.29) is 11.4 Å². The van der Waals surface area contributed by atoms with Gasteiger partial charge in [0.2, 0.25) is 0 Å². The van der Waals surface area contributed by atoms with E-state index >= 15 is 0 Å². The van der Waals surface area contributed by atoms with Crippen LogP contribution in [0.25, 0.3) is 23.2 Å².